The zero-order valence-corrected chi connectivity index (χ0v) is 24.5. The number of benzene rings is 2. The second kappa shape index (κ2) is 11.1. The molecule has 0 amide bonds. The summed E-state index contributed by atoms with van der Waals surface area (Å²) >= 11 is 1.17. The van der Waals surface area contributed by atoms with Crippen molar-refractivity contribution in [2.24, 2.45) is 0 Å². The number of piperazine rings is 1. The van der Waals surface area contributed by atoms with Gasteiger partial charge in [-0.05, 0) is 55.5 Å². The molecule has 0 spiro atoms. The van der Waals surface area contributed by atoms with Crippen LogP contribution in [0.4, 0.5) is 5.69 Å². The zero-order valence-electron chi connectivity index (χ0n) is 22.1. The lowest BCUT2D eigenvalue weighted by Crippen LogP contribution is -2.59. The van der Waals surface area contributed by atoms with E-state index in [0.717, 1.165) is 16.8 Å². The number of thiophene rings is 1. The van der Waals surface area contributed by atoms with Crippen molar-refractivity contribution in [3.63, 3.8) is 0 Å². The lowest BCUT2D eigenvalue weighted by Gasteiger charge is -2.44. The van der Waals surface area contributed by atoms with Crippen molar-refractivity contribution >= 4 is 37.1 Å². The van der Waals surface area contributed by atoms with E-state index in [2.05, 4.69) is 4.90 Å². The molecule has 1 aliphatic heterocycles. The summed E-state index contributed by atoms with van der Waals surface area (Å²) in [7, 11) is -7.33. The Hall–Kier alpha value is -2.28. The molecule has 11 heteroatoms. The summed E-state index contributed by atoms with van der Waals surface area (Å²) < 4.78 is 56.0. The summed E-state index contributed by atoms with van der Waals surface area (Å²) in [4.78, 5) is 2.07. The molecule has 8 nitrogen and oxygen atoms in total. The summed E-state index contributed by atoms with van der Waals surface area (Å²) in [6.07, 6.45) is 1.19. The van der Waals surface area contributed by atoms with Crippen molar-refractivity contribution in [3.8, 4) is 0 Å². The average Bonchev–Trinajstić information content (AvgIpc) is 3.42. The number of hydrogen-bond donors (Lipinski definition) is 1. The molecule has 1 aliphatic rings. The predicted molar refractivity (Wildman–Crippen MR) is 152 cm³/mol. The standard InChI is InChI=1S/C27H35N3O5S3/c1-21(22-9-6-5-7-10-22)30(37(4,32)33)20-25-19-28(38(34,35)26-11-8-18-36-26)16-17-29(25)24-14-12-23(13-15-24)27(2,3)31/h5-15,18,21,25,31H,16-17,19-20H2,1-4H3/t21?,25-/m1/s1. The molecule has 1 unspecified atom stereocenters. The molecule has 38 heavy (non-hydrogen) atoms. The first-order valence-corrected chi connectivity index (χ1v) is 16.6. The Morgan fingerprint density at radius 1 is 1.00 bits per heavy atom. The van der Waals surface area contributed by atoms with Gasteiger partial charge in [0.25, 0.3) is 10.0 Å². The molecule has 0 bridgehead atoms. The maximum absolute atomic E-state index is 13.4. The van der Waals surface area contributed by atoms with Crippen LogP contribution in [0.5, 0.6) is 0 Å². The van der Waals surface area contributed by atoms with Crippen LogP contribution in [-0.4, -0.2) is 69.0 Å². The first kappa shape index (κ1) is 28.7. The Kier molecular flexibility index (Phi) is 8.37. The van der Waals surface area contributed by atoms with Crippen LogP contribution in [0, 0.1) is 0 Å². The Morgan fingerprint density at radius 3 is 2.21 bits per heavy atom. The van der Waals surface area contributed by atoms with Crippen molar-refractivity contribution in [1.82, 2.24) is 8.61 Å². The van der Waals surface area contributed by atoms with Gasteiger partial charge in [-0.3, -0.25) is 0 Å². The van der Waals surface area contributed by atoms with Gasteiger partial charge >= 0.3 is 0 Å². The molecule has 4 rings (SSSR count). The second-order valence-corrected chi connectivity index (χ2v) is 15.2. The van der Waals surface area contributed by atoms with E-state index < -0.39 is 37.7 Å². The van der Waals surface area contributed by atoms with Crippen molar-refractivity contribution in [2.75, 3.05) is 37.3 Å². The summed E-state index contributed by atoms with van der Waals surface area (Å²) in [5.74, 6) is 0. The van der Waals surface area contributed by atoms with E-state index in [0.29, 0.717) is 6.54 Å². The van der Waals surface area contributed by atoms with Crippen LogP contribution in [0.2, 0.25) is 0 Å². The minimum Gasteiger partial charge on any atom is -0.386 e. The first-order valence-electron chi connectivity index (χ1n) is 12.4. The molecule has 3 aromatic rings. The van der Waals surface area contributed by atoms with E-state index in [-0.39, 0.29) is 23.8 Å². The van der Waals surface area contributed by atoms with Crippen LogP contribution in [0.15, 0.2) is 76.3 Å². The van der Waals surface area contributed by atoms with Crippen LogP contribution in [0.3, 0.4) is 0 Å². The molecule has 1 saturated heterocycles. The number of anilines is 1. The van der Waals surface area contributed by atoms with Gasteiger partial charge < -0.3 is 10.0 Å². The number of sulfonamides is 2. The molecule has 2 heterocycles. The SMILES string of the molecule is CC(c1ccccc1)N(C[C@H]1CN(S(=O)(=O)c2cccs2)CCN1c1ccc(C(C)(C)O)cc1)S(C)(=O)=O. The van der Waals surface area contributed by atoms with Gasteiger partial charge in [0.2, 0.25) is 10.0 Å². The monoisotopic (exact) mass is 577 g/mol. The highest BCUT2D eigenvalue weighted by molar-refractivity contribution is 7.91. The predicted octanol–water partition coefficient (Wildman–Crippen LogP) is 3.88. The van der Waals surface area contributed by atoms with E-state index >= 15 is 0 Å². The number of nitrogens with zero attached hydrogens (tertiary/aromatic N) is 3. The van der Waals surface area contributed by atoms with Crippen LogP contribution < -0.4 is 4.90 Å². The molecular formula is C27H35N3O5S3. The van der Waals surface area contributed by atoms with E-state index in [1.165, 1.54) is 26.2 Å². The summed E-state index contributed by atoms with van der Waals surface area (Å²) in [5, 5.41) is 12.1. The van der Waals surface area contributed by atoms with Crippen LogP contribution in [0.1, 0.15) is 37.9 Å². The largest absolute Gasteiger partial charge is 0.386 e. The molecule has 0 radical (unpaired) electrons. The van der Waals surface area contributed by atoms with Crippen molar-refractivity contribution in [3.05, 3.63) is 83.2 Å². The molecule has 2 aromatic carbocycles. The maximum atomic E-state index is 13.4. The Labute approximate surface area is 230 Å². The fourth-order valence-electron chi connectivity index (χ4n) is 4.83. The maximum Gasteiger partial charge on any atom is 0.252 e. The minimum atomic E-state index is -3.70. The molecule has 1 aromatic heterocycles. The molecule has 2 atom stereocenters. The lowest BCUT2D eigenvalue weighted by atomic mass is 9.98. The second-order valence-electron chi connectivity index (χ2n) is 10.2. The minimum absolute atomic E-state index is 0.110. The highest BCUT2D eigenvalue weighted by atomic mass is 32.2. The highest BCUT2D eigenvalue weighted by Gasteiger charge is 2.38. The summed E-state index contributed by atoms with van der Waals surface area (Å²) in [6.45, 7) is 6.20. The first-order chi connectivity index (χ1) is 17.8. The molecule has 206 valence electrons. The molecule has 0 aliphatic carbocycles. The van der Waals surface area contributed by atoms with E-state index in [1.54, 1.807) is 31.4 Å². The third kappa shape index (κ3) is 6.30. The van der Waals surface area contributed by atoms with Crippen molar-refractivity contribution in [1.29, 1.82) is 0 Å². The van der Waals surface area contributed by atoms with Crippen molar-refractivity contribution < 1.29 is 21.9 Å². The van der Waals surface area contributed by atoms with Crippen molar-refractivity contribution in [2.45, 2.75) is 42.7 Å². The van der Waals surface area contributed by atoms with Gasteiger partial charge in [0.05, 0.1) is 17.9 Å². The summed E-state index contributed by atoms with van der Waals surface area (Å²) in [6, 6.07) is 19.3. The van der Waals surface area contributed by atoms with Gasteiger partial charge in [-0.2, -0.15) is 8.61 Å². The topological polar surface area (TPSA) is 98.2 Å². The molecule has 1 fully saturated rings. The Balaban J connectivity index is 1.70. The smallest absolute Gasteiger partial charge is 0.252 e. The fraction of sp³-hybridized carbons (Fsp3) is 0.407. The lowest BCUT2D eigenvalue weighted by molar-refractivity contribution is 0.0786. The van der Waals surface area contributed by atoms with E-state index in [9.17, 15) is 21.9 Å². The quantitative estimate of drug-likeness (QED) is 0.415. The van der Waals surface area contributed by atoms with Gasteiger partial charge in [-0.25, -0.2) is 16.8 Å². The van der Waals surface area contributed by atoms with Gasteiger partial charge in [-0.15, -0.1) is 11.3 Å². The van der Waals surface area contributed by atoms with Gasteiger partial charge in [0.1, 0.15) is 4.21 Å². The molecule has 1 N–H and O–H groups in total. The highest BCUT2D eigenvalue weighted by Crippen LogP contribution is 2.31. The zero-order chi connectivity index (χ0) is 27.7. The Bertz CT molecular complexity index is 1420. The number of rotatable bonds is 9. The van der Waals surface area contributed by atoms with Gasteiger partial charge in [0.15, 0.2) is 0 Å². The normalized spacial score (nSPS) is 18.6. The third-order valence-corrected chi connectivity index (χ3v) is 11.5. The number of aliphatic hydroxyl groups is 1. The van der Waals surface area contributed by atoms with Crippen LogP contribution in [0.25, 0.3) is 0 Å². The average molecular weight is 578 g/mol. The molecule has 0 saturated carbocycles. The van der Waals surface area contributed by atoms with Crippen LogP contribution >= 0.6 is 11.3 Å². The molecular weight excluding hydrogens is 543 g/mol. The van der Waals surface area contributed by atoms with Crippen LogP contribution in [-0.2, 0) is 25.6 Å². The van der Waals surface area contributed by atoms with E-state index in [1.807, 2.05) is 61.5 Å². The summed E-state index contributed by atoms with van der Waals surface area (Å²) in [5.41, 5.74) is 1.46. The fourth-order valence-corrected chi connectivity index (χ4v) is 8.58. The Morgan fingerprint density at radius 2 is 1.66 bits per heavy atom. The van der Waals surface area contributed by atoms with Gasteiger partial charge in [0, 0.05) is 37.9 Å². The van der Waals surface area contributed by atoms with E-state index in [4.69, 9.17) is 0 Å². The van der Waals surface area contributed by atoms with Gasteiger partial charge in [-0.1, -0.05) is 48.5 Å². The third-order valence-electron chi connectivity index (χ3n) is 6.97. The number of hydrogen-bond acceptors (Lipinski definition) is 7.